The quantitative estimate of drug-likeness (QED) is 0.261. The van der Waals surface area contributed by atoms with Crippen LogP contribution in [0.25, 0.3) is 10.6 Å². The van der Waals surface area contributed by atoms with Gasteiger partial charge in [-0.2, -0.15) is 0 Å². The normalized spacial score (nSPS) is 12.2. The van der Waals surface area contributed by atoms with Crippen LogP contribution in [0.3, 0.4) is 0 Å². The number of hydrogen-bond donors (Lipinski definition) is 0. The molecule has 4 aromatic rings. The summed E-state index contributed by atoms with van der Waals surface area (Å²) in [7, 11) is 1.93. The lowest BCUT2D eigenvalue weighted by Crippen LogP contribution is -2.10. The molecule has 5 nitrogen and oxygen atoms in total. The first-order chi connectivity index (χ1) is 14.9. The van der Waals surface area contributed by atoms with E-state index < -0.39 is 0 Å². The zero-order chi connectivity index (χ0) is 22.0. The van der Waals surface area contributed by atoms with Gasteiger partial charge in [-0.1, -0.05) is 59.2 Å². The Balaban J connectivity index is 1.42. The Bertz CT molecular complexity index is 1210. The van der Waals surface area contributed by atoms with Gasteiger partial charge in [-0.05, 0) is 37.6 Å². The van der Waals surface area contributed by atoms with E-state index in [1.54, 1.807) is 41.3 Å². The Kier molecular flexibility index (Phi) is 6.86. The van der Waals surface area contributed by atoms with Crippen LogP contribution in [-0.2, 0) is 12.8 Å². The van der Waals surface area contributed by atoms with Crippen molar-refractivity contribution in [1.82, 2.24) is 19.7 Å². The minimum Gasteiger partial charge on any atom is -0.481 e. The predicted octanol–water partition coefficient (Wildman–Crippen LogP) is 6.99. The molecule has 0 saturated heterocycles. The summed E-state index contributed by atoms with van der Waals surface area (Å²) < 4.78 is 7.91. The average Bonchev–Trinajstić information content (AvgIpc) is 3.35. The molecule has 0 radical (unpaired) electrons. The molecule has 0 aliphatic rings. The Hall–Kier alpha value is -2.06. The SMILES string of the molecule is Cc1ccccc1-c1nc(CSc2nnc(C(C)Oc3ccc(Cl)cc3Cl)n2C)cs1. The molecule has 0 spiro atoms. The topological polar surface area (TPSA) is 52.8 Å². The fraction of sp³-hybridized carbons (Fsp3) is 0.227. The Morgan fingerprint density at radius 2 is 1.97 bits per heavy atom. The van der Waals surface area contributed by atoms with Crippen LogP contribution in [0.2, 0.25) is 10.0 Å². The standard InChI is InChI=1S/C22H20Cl2N4OS2/c1-13-6-4-5-7-17(13)21-25-16(11-30-21)12-31-22-27-26-20(28(22)3)14(2)29-19-9-8-15(23)10-18(19)24/h4-11,14H,12H2,1-3H3. The minimum atomic E-state index is -0.322. The van der Waals surface area contributed by atoms with Gasteiger partial charge in [0.05, 0.1) is 10.7 Å². The van der Waals surface area contributed by atoms with E-state index in [4.69, 9.17) is 32.9 Å². The summed E-state index contributed by atoms with van der Waals surface area (Å²) in [5.74, 6) is 1.99. The second-order valence-electron chi connectivity index (χ2n) is 6.98. The van der Waals surface area contributed by atoms with E-state index in [1.165, 1.54) is 11.1 Å². The average molecular weight is 491 g/mol. The summed E-state index contributed by atoms with van der Waals surface area (Å²) in [5, 5.41) is 13.6. The number of hydrogen-bond acceptors (Lipinski definition) is 6. The highest BCUT2D eigenvalue weighted by Crippen LogP contribution is 2.32. The van der Waals surface area contributed by atoms with Gasteiger partial charge in [0.2, 0.25) is 0 Å². The summed E-state index contributed by atoms with van der Waals surface area (Å²) in [6.45, 7) is 4.02. The number of thioether (sulfide) groups is 1. The zero-order valence-corrected chi connectivity index (χ0v) is 20.3. The molecule has 0 saturated carbocycles. The van der Waals surface area contributed by atoms with Crippen molar-refractivity contribution in [3.05, 3.63) is 75.0 Å². The first kappa shape index (κ1) is 22.1. The molecule has 4 rings (SSSR count). The summed E-state index contributed by atoms with van der Waals surface area (Å²) >= 11 is 15.4. The lowest BCUT2D eigenvalue weighted by molar-refractivity contribution is 0.211. The molecule has 31 heavy (non-hydrogen) atoms. The van der Waals surface area contributed by atoms with E-state index in [0.717, 1.165) is 15.9 Å². The van der Waals surface area contributed by atoms with E-state index in [-0.39, 0.29) is 6.10 Å². The summed E-state index contributed by atoms with van der Waals surface area (Å²) in [6.07, 6.45) is -0.322. The van der Waals surface area contributed by atoms with Crippen LogP contribution >= 0.6 is 46.3 Å². The number of aromatic nitrogens is 4. The largest absolute Gasteiger partial charge is 0.481 e. The van der Waals surface area contributed by atoms with Crippen LogP contribution < -0.4 is 4.74 Å². The number of benzene rings is 2. The van der Waals surface area contributed by atoms with Crippen LogP contribution in [0.4, 0.5) is 0 Å². The van der Waals surface area contributed by atoms with Gasteiger partial charge >= 0.3 is 0 Å². The monoisotopic (exact) mass is 490 g/mol. The molecular formula is C22H20Cl2N4OS2. The Morgan fingerprint density at radius 3 is 2.74 bits per heavy atom. The molecule has 160 valence electrons. The summed E-state index contributed by atoms with van der Waals surface area (Å²) in [6, 6.07) is 13.4. The maximum atomic E-state index is 6.22. The third-order valence-electron chi connectivity index (χ3n) is 4.71. The van der Waals surface area contributed by atoms with Crippen LogP contribution in [0, 0.1) is 6.92 Å². The van der Waals surface area contributed by atoms with Gasteiger partial charge < -0.3 is 9.30 Å². The highest BCUT2D eigenvalue weighted by atomic mass is 35.5. The molecule has 0 fully saturated rings. The molecule has 0 amide bonds. The van der Waals surface area contributed by atoms with E-state index in [0.29, 0.717) is 27.4 Å². The van der Waals surface area contributed by atoms with Crippen molar-refractivity contribution in [3.63, 3.8) is 0 Å². The smallest absolute Gasteiger partial charge is 0.191 e. The van der Waals surface area contributed by atoms with Crippen molar-refractivity contribution in [2.75, 3.05) is 0 Å². The third-order valence-corrected chi connectivity index (χ3v) is 7.21. The number of nitrogens with zero attached hydrogens (tertiary/aromatic N) is 4. The zero-order valence-electron chi connectivity index (χ0n) is 17.2. The van der Waals surface area contributed by atoms with Gasteiger partial charge in [-0.3, -0.25) is 0 Å². The maximum absolute atomic E-state index is 6.22. The van der Waals surface area contributed by atoms with Crippen LogP contribution in [-0.4, -0.2) is 19.7 Å². The fourth-order valence-electron chi connectivity index (χ4n) is 3.07. The van der Waals surface area contributed by atoms with Gasteiger partial charge in [0, 0.05) is 28.8 Å². The Morgan fingerprint density at radius 1 is 1.16 bits per heavy atom. The highest BCUT2D eigenvalue weighted by Gasteiger charge is 2.19. The third kappa shape index (κ3) is 5.06. The van der Waals surface area contributed by atoms with Gasteiger partial charge in [0.25, 0.3) is 0 Å². The van der Waals surface area contributed by atoms with Crippen LogP contribution in [0.1, 0.15) is 30.1 Å². The lowest BCUT2D eigenvalue weighted by Gasteiger charge is -2.15. The van der Waals surface area contributed by atoms with Crippen LogP contribution in [0.15, 0.2) is 53.0 Å². The maximum Gasteiger partial charge on any atom is 0.191 e. The molecule has 0 aliphatic carbocycles. The van der Waals surface area contributed by atoms with Crippen molar-refractivity contribution in [1.29, 1.82) is 0 Å². The molecule has 9 heteroatoms. The van der Waals surface area contributed by atoms with Gasteiger partial charge in [-0.25, -0.2) is 4.98 Å². The van der Waals surface area contributed by atoms with Crippen molar-refractivity contribution in [2.24, 2.45) is 7.05 Å². The summed E-state index contributed by atoms with van der Waals surface area (Å²) in [5.41, 5.74) is 3.43. The van der Waals surface area contributed by atoms with E-state index in [9.17, 15) is 0 Å². The minimum absolute atomic E-state index is 0.322. The number of rotatable bonds is 7. The van der Waals surface area contributed by atoms with Crippen LogP contribution in [0.5, 0.6) is 5.75 Å². The van der Waals surface area contributed by atoms with Gasteiger partial charge in [0.15, 0.2) is 17.1 Å². The van der Waals surface area contributed by atoms with E-state index in [1.807, 2.05) is 30.7 Å². The summed E-state index contributed by atoms with van der Waals surface area (Å²) in [4.78, 5) is 4.79. The van der Waals surface area contributed by atoms with Crippen molar-refractivity contribution < 1.29 is 4.74 Å². The number of ether oxygens (including phenoxy) is 1. The van der Waals surface area contributed by atoms with Gasteiger partial charge in [-0.15, -0.1) is 21.5 Å². The molecule has 0 aliphatic heterocycles. The lowest BCUT2D eigenvalue weighted by atomic mass is 10.1. The number of aryl methyl sites for hydroxylation is 1. The molecular weight excluding hydrogens is 471 g/mol. The second kappa shape index (κ2) is 9.61. The fourth-order valence-corrected chi connectivity index (χ4v) is 5.35. The van der Waals surface area contributed by atoms with Crippen molar-refractivity contribution in [2.45, 2.75) is 30.9 Å². The first-order valence-corrected chi connectivity index (χ1v) is 12.2. The molecule has 0 bridgehead atoms. The van der Waals surface area contributed by atoms with E-state index >= 15 is 0 Å². The Labute approximate surface area is 199 Å². The number of halogens is 2. The van der Waals surface area contributed by atoms with Crippen molar-refractivity contribution >= 4 is 46.3 Å². The van der Waals surface area contributed by atoms with Crippen molar-refractivity contribution in [3.8, 4) is 16.3 Å². The highest BCUT2D eigenvalue weighted by molar-refractivity contribution is 7.98. The second-order valence-corrected chi connectivity index (χ2v) is 9.63. The molecule has 2 aromatic carbocycles. The first-order valence-electron chi connectivity index (χ1n) is 9.56. The molecule has 2 heterocycles. The van der Waals surface area contributed by atoms with Gasteiger partial charge in [0.1, 0.15) is 10.8 Å². The number of thiazole rings is 1. The molecule has 1 unspecified atom stereocenters. The predicted molar refractivity (Wildman–Crippen MR) is 128 cm³/mol. The molecule has 0 N–H and O–H groups in total. The van der Waals surface area contributed by atoms with E-state index in [2.05, 4.69) is 34.6 Å². The molecule has 2 aromatic heterocycles. The molecule has 1 atom stereocenters.